The lowest BCUT2D eigenvalue weighted by atomic mass is 10.9. The van der Waals surface area contributed by atoms with Crippen LogP contribution in [0.2, 0.25) is 19.6 Å². The van der Waals surface area contributed by atoms with E-state index in [4.69, 9.17) is 0 Å². The highest BCUT2D eigenvalue weighted by Gasteiger charge is 2.07. The second-order valence-corrected chi connectivity index (χ2v) is 8.13. The zero-order valence-electron chi connectivity index (χ0n) is 6.95. The predicted octanol–water partition coefficient (Wildman–Crippen LogP) is 1.39. The molecule has 0 rings (SSSR count). The summed E-state index contributed by atoms with van der Waals surface area (Å²) in [6.07, 6.45) is 0. The van der Waals surface area contributed by atoms with Gasteiger partial charge in [-0.1, -0.05) is 19.6 Å². The van der Waals surface area contributed by atoms with E-state index in [0.717, 1.165) is 0 Å². The van der Waals surface area contributed by atoms with Crippen LogP contribution in [0.3, 0.4) is 0 Å². The Hall–Kier alpha value is -0.423. The van der Waals surface area contributed by atoms with E-state index in [0.29, 0.717) is 0 Å². The molecule has 0 amide bonds. The fourth-order valence-electron chi connectivity index (χ4n) is 0.280. The van der Waals surface area contributed by atoms with Crippen molar-refractivity contribution in [2.75, 3.05) is 14.1 Å². The average Bonchev–Trinajstić information content (AvgIpc) is 1.59. The van der Waals surface area contributed by atoms with Gasteiger partial charge in [0.1, 0.15) is 8.07 Å². The molecule has 0 fully saturated rings. The third kappa shape index (κ3) is 7.58. The second kappa shape index (κ2) is 2.93. The molecule has 0 bridgehead atoms. The van der Waals surface area contributed by atoms with E-state index < -0.39 is 8.07 Å². The molecule has 0 aliphatic heterocycles. The summed E-state index contributed by atoms with van der Waals surface area (Å²) in [4.78, 5) is 1.90. The Kier molecular flexibility index (Phi) is 2.79. The molecular weight excluding hydrogens is 126 g/mol. The topological polar surface area (TPSA) is 3.24 Å². The Bertz CT molecular complexity index is 133. The van der Waals surface area contributed by atoms with Gasteiger partial charge >= 0.3 is 0 Å². The Labute approximate surface area is 59.1 Å². The van der Waals surface area contributed by atoms with Crippen LogP contribution in [0.15, 0.2) is 0 Å². The van der Waals surface area contributed by atoms with E-state index in [9.17, 15) is 0 Å². The molecule has 2 heteroatoms. The Balaban J connectivity index is 3.88. The minimum Gasteiger partial charge on any atom is -0.339 e. The van der Waals surface area contributed by atoms with Gasteiger partial charge in [-0.3, -0.25) is 0 Å². The summed E-state index contributed by atoms with van der Waals surface area (Å²) in [6, 6.07) is 3.03. The molecule has 0 radical (unpaired) electrons. The molecule has 0 aliphatic carbocycles. The van der Waals surface area contributed by atoms with Gasteiger partial charge in [-0.15, -0.1) is 5.54 Å². The summed E-state index contributed by atoms with van der Waals surface area (Å²) in [7, 11) is 2.81. The lowest BCUT2D eigenvalue weighted by molar-refractivity contribution is 0.598. The van der Waals surface area contributed by atoms with Gasteiger partial charge in [0.05, 0.1) is 0 Å². The lowest BCUT2D eigenvalue weighted by Gasteiger charge is -2.05. The first kappa shape index (κ1) is 8.58. The minimum atomic E-state index is -1.12. The van der Waals surface area contributed by atoms with E-state index in [1.165, 1.54) is 0 Å². The van der Waals surface area contributed by atoms with Gasteiger partial charge in [-0.2, -0.15) is 0 Å². The lowest BCUT2D eigenvalue weighted by Crippen LogP contribution is -2.18. The van der Waals surface area contributed by atoms with Crippen LogP contribution in [-0.4, -0.2) is 27.1 Å². The number of rotatable bonds is 0. The van der Waals surface area contributed by atoms with Gasteiger partial charge in [0.2, 0.25) is 0 Å². The van der Waals surface area contributed by atoms with Crippen LogP contribution in [0.5, 0.6) is 0 Å². The van der Waals surface area contributed by atoms with Gasteiger partial charge in [0, 0.05) is 14.1 Å². The third-order valence-electron chi connectivity index (χ3n) is 0.655. The van der Waals surface area contributed by atoms with Gasteiger partial charge in [0.25, 0.3) is 0 Å². The average molecular weight is 141 g/mol. The zero-order valence-corrected chi connectivity index (χ0v) is 7.95. The quantitative estimate of drug-likeness (QED) is 0.280. The standard InChI is InChI=1S/C7H15NSi/c1-8(2)6-7-9(3,4)5/h1-5H3. The molecule has 0 unspecified atom stereocenters. The smallest absolute Gasteiger partial charge is 0.131 e. The van der Waals surface area contributed by atoms with Crippen LogP contribution in [0.1, 0.15) is 0 Å². The summed E-state index contributed by atoms with van der Waals surface area (Å²) in [6.45, 7) is 6.72. The van der Waals surface area contributed by atoms with Crippen molar-refractivity contribution in [1.29, 1.82) is 0 Å². The van der Waals surface area contributed by atoms with Crippen molar-refractivity contribution in [3.8, 4) is 11.6 Å². The maximum Gasteiger partial charge on any atom is 0.131 e. The van der Waals surface area contributed by atoms with Crippen LogP contribution in [0.25, 0.3) is 0 Å². The third-order valence-corrected chi connectivity index (χ3v) is 1.52. The molecule has 52 valence electrons. The Morgan fingerprint density at radius 2 is 1.56 bits per heavy atom. The summed E-state index contributed by atoms with van der Waals surface area (Å²) in [5.74, 6) is 0. The predicted molar refractivity (Wildman–Crippen MR) is 44.8 cm³/mol. The largest absolute Gasteiger partial charge is 0.339 e. The van der Waals surface area contributed by atoms with Crippen molar-refractivity contribution in [2.24, 2.45) is 0 Å². The van der Waals surface area contributed by atoms with E-state index in [1.54, 1.807) is 0 Å². The maximum atomic E-state index is 3.24. The number of hydrogen-bond donors (Lipinski definition) is 0. The van der Waals surface area contributed by atoms with Crippen molar-refractivity contribution in [3.63, 3.8) is 0 Å². The number of nitrogens with zero attached hydrogens (tertiary/aromatic N) is 1. The normalized spacial score (nSPS) is 9.89. The Morgan fingerprint density at radius 1 is 1.11 bits per heavy atom. The molecule has 0 N–H and O–H groups in total. The fraction of sp³-hybridized carbons (Fsp3) is 0.714. The van der Waals surface area contributed by atoms with Gasteiger partial charge in [-0.05, 0) is 6.04 Å². The van der Waals surface area contributed by atoms with E-state index in [2.05, 4.69) is 31.2 Å². The summed E-state index contributed by atoms with van der Waals surface area (Å²) < 4.78 is 0. The van der Waals surface area contributed by atoms with Crippen LogP contribution < -0.4 is 0 Å². The first-order chi connectivity index (χ1) is 3.92. The molecule has 0 aromatic carbocycles. The van der Waals surface area contributed by atoms with Crippen LogP contribution >= 0.6 is 0 Å². The molecule has 0 aliphatic rings. The van der Waals surface area contributed by atoms with Crippen LogP contribution in [-0.2, 0) is 0 Å². The van der Waals surface area contributed by atoms with Gasteiger partial charge < -0.3 is 4.90 Å². The molecule has 0 saturated carbocycles. The molecule has 0 heterocycles. The highest BCUT2D eigenvalue weighted by atomic mass is 28.3. The first-order valence-electron chi connectivity index (χ1n) is 3.12. The molecule has 0 atom stereocenters. The summed E-state index contributed by atoms with van der Waals surface area (Å²) >= 11 is 0. The SMILES string of the molecule is CN(C)C#C[Si](C)(C)C. The minimum absolute atomic E-state index is 1.12. The Morgan fingerprint density at radius 3 is 1.67 bits per heavy atom. The highest BCUT2D eigenvalue weighted by Crippen LogP contribution is 1.95. The van der Waals surface area contributed by atoms with E-state index >= 15 is 0 Å². The van der Waals surface area contributed by atoms with Gasteiger partial charge in [-0.25, -0.2) is 0 Å². The van der Waals surface area contributed by atoms with Crippen molar-refractivity contribution in [3.05, 3.63) is 0 Å². The molecule has 0 aromatic rings. The van der Waals surface area contributed by atoms with E-state index in [-0.39, 0.29) is 0 Å². The van der Waals surface area contributed by atoms with Crippen molar-refractivity contribution in [2.45, 2.75) is 19.6 Å². The molecular formula is C7H15NSi. The van der Waals surface area contributed by atoms with Crippen molar-refractivity contribution < 1.29 is 0 Å². The van der Waals surface area contributed by atoms with Crippen LogP contribution in [0, 0.1) is 11.6 Å². The summed E-state index contributed by atoms with van der Waals surface area (Å²) in [5, 5.41) is 0. The van der Waals surface area contributed by atoms with Gasteiger partial charge in [0.15, 0.2) is 0 Å². The fourth-order valence-corrected chi connectivity index (χ4v) is 0.839. The zero-order chi connectivity index (χ0) is 7.49. The second-order valence-electron chi connectivity index (χ2n) is 3.38. The van der Waals surface area contributed by atoms with Crippen molar-refractivity contribution in [1.82, 2.24) is 4.90 Å². The van der Waals surface area contributed by atoms with E-state index in [1.807, 2.05) is 19.0 Å². The molecule has 0 spiro atoms. The first-order valence-corrected chi connectivity index (χ1v) is 6.62. The maximum absolute atomic E-state index is 3.24. The monoisotopic (exact) mass is 141 g/mol. The molecule has 1 nitrogen and oxygen atoms in total. The highest BCUT2D eigenvalue weighted by molar-refractivity contribution is 6.83. The molecule has 0 saturated heterocycles. The molecule has 0 aromatic heterocycles. The van der Waals surface area contributed by atoms with Crippen molar-refractivity contribution >= 4 is 8.07 Å². The number of hydrogen-bond acceptors (Lipinski definition) is 1. The van der Waals surface area contributed by atoms with Crippen LogP contribution in [0.4, 0.5) is 0 Å². The summed E-state index contributed by atoms with van der Waals surface area (Å²) in [5.41, 5.74) is 3.24. The molecule has 9 heavy (non-hydrogen) atoms.